The Balaban J connectivity index is 2.05. The standard InChI is InChI=1S/C29H32O4S/c1-21-9-17-27(18-10-21)34(30,31)28-19-15-26(16-20-28)33-25(5)14-12-23(3)29(6,7)22(2)11-13-24(4)32-8/h9-20H,2-5H2,1,6-8H3/b13-11-,14-12-. The molecule has 2 rings (SSSR count). The lowest BCUT2D eigenvalue weighted by atomic mass is 9.78. The summed E-state index contributed by atoms with van der Waals surface area (Å²) in [7, 11) is -2.03. The van der Waals surface area contributed by atoms with Gasteiger partial charge in [-0.2, -0.15) is 0 Å². The molecule has 2 aromatic carbocycles. The van der Waals surface area contributed by atoms with E-state index in [1.165, 1.54) is 12.1 Å². The first-order valence-corrected chi connectivity index (χ1v) is 12.1. The molecule has 0 aliphatic carbocycles. The monoisotopic (exact) mass is 476 g/mol. The summed E-state index contributed by atoms with van der Waals surface area (Å²) in [4.78, 5) is 0.450. The zero-order valence-corrected chi connectivity index (χ0v) is 21.1. The molecule has 178 valence electrons. The van der Waals surface area contributed by atoms with Crippen LogP contribution >= 0.6 is 0 Å². The smallest absolute Gasteiger partial charge is 0.206 e. The van der Waals surface area contributed by atoms with Crippen LogP contribution in [-0.2, 0) is 14.6 Å². The van der Waals surface area contributed by atoms with Gasteiger partial charge in [0.25, 0.3) is 0 Å². The summed E-state index contributed by atoms with van der Waals surface area (Å²) < 4.78 is 36.4. The predicted molar refractivity (Wildman–Crippen MR) is 139 cm³/mol. The fourth-order valence-corrected chi connectivity index (χ4v) is 4.06. The van der Waals surface area contributed by atoms with E-state index in [-0.39, 0.29) is 9.79 Å². The van der Waals surface area contributed by atoms with Gasteiger partial charge >= 0.3 is 0 Å². The Bertz CT molecular complexity index is 1240. The minimum absolute atomic E-state index is 0.197. The van der Waals surface area contributed by atoms with Gasteiger partial charge in [-0.05, 0) is 66.6 Å². The Morgan fingerprint density at radius 2 is 1.21 bits per heavy atom. The molecule has 0 heterocycles. The lowest BCUT2D eigenvalue weighted by molar-refractivity contribution is 0.308. The molecule has 0 N–H and O–H groups in total. The Labute approximate surface area is 203 Å². The first-order chi connectivity index (χ1) is 15.9. The van der Waals surface area contributed by atoms with Crippen molar-refractivity contribution in [2.45, 2.75) is 30.6 Å². The molecular weight excluding hydrogens is 444 g/mol. The van der Waals surface area contributed by atoms with Crippen LogP contribution in [0.3, 0.4) is 0 Å². The van der Waals surface area contributed by atoms with E-state index in [2.05, 4.69) is 26.3 Å². The second-order valence-electron chi connectivity index (χ2n) is 8.37. The van der Waals surface area contributed by atoms with E-state index in [4.69, 9.17) is 9.47 Å². The van der Waals surface area contributed by atoms with Crippen molar-refractivity contribution in [1.82, 2.24) is 0 Å². The van der Waals surface area contributed by atoms with Crippen LogP contribution in [-0.4, -0.2) is 15.5 Å². The molecule has 0 spiro atoms. The van der Waals surface area contributed by atoms with Crippen LogP contribution in [0.2, 0.25) is 0 Å². The summed E-state index contributed by atoms with van der Waals surface area (Å²) in [6, 6.07) is 13.0. The number of methoxy groups -OCH3 is 1. The zero-order valence-electron chi connectivity index (χ0n) is 20.3. The average molecular weight is 477 g/mol. The average Bonchev–Trinajstić information content (AvgIpc) is 2.81. The Kier molecular flexibility index (Phi) is 8.66. The van der Waals surface area contributed by atoms with E-state index in [1.807, 2.05) is 32.9 Å². The third-order valence-corrected chi connectivity index (χ3v) is 7.31. The minimum Gasteiger partial charge on any atom is -0.497 e. The lowest BCUT2D eigenvalue weighted by Gasteiger charge is -2.26. The molecule has 0 aliphatic heterocycles. The summed E-state index contributed by atoms with van der Waals surface area (Å²) >= 11 is 0. The van der Waals surface area contributed by atoms with Crippen molar-refractivity contribution >= 4 is 9.84 Å². The maximum Gasteiger partial charge on any atom is 0.206 e. The highest BCUT2D eigenvalue weighted by molar-refractivity contribution is 7.91. The lowest BCUT2D eigenvalue weighted by Crippen LogP contribution is -2.14. The number of allylic oxidation sites excluding steroid dienone is 6. The van der Waals surface area contributed by atoms with Crippen molar-refractivity contribution in [1.29, 1.82) is 0 Å². The molecule has 0 aromatic heterocycles. The molecule has 34 heavy (non-hydrogen) atoms. The van der Waals surface area contributed by atoms with Crippen molar-refractivity contribution in [3.05, 3.63) is 127 Å². The Morgan fingerprint density at radius 3 is 1.68 bits per heavy atom. The van der Waals surface area contributed by atoms with Crippen LogP contribution in [0.1, 0.15) is 19.4 Å². The van der Waals surface area contributed by atoms with E-state index in [0.717, 1.165) is 16.7 Å². The number of aryl methyl sites for hydroxylation is 1. The van der Waals surface area contributed by atoms with Crippen LogP contribution in [0.15, 0.2) is 132 Å². The van der Waals surface area contributed by atoms with Gasteiger partial charge < -0.3 is 9.47 Å². The summed E-state index contributed by atoms with van der Waals surface area (Å²) in [5, 5.41) is 0. The van der Waals surface area contributed by atoms with E-state index in [9.17, 15) is 8.42 Å². The molecule has 2 aromatic rings. The van der Waals surface area contributed by atoms with Crippen LogP contribution < -0.4 is 4.74 Å². The largest absolute Gasteiger partial charge is 0.497 e. The van der Waals surface area contributed by atoms with Gasteiger partial charge in [-0.15, -0.1) is 0 Å². The Morgan fingerprint density at radius 1 is 0.765 bits per heavy atom. The molecule has 0 saturated heterocycles. The quantitative estimate of drug-likeness (QED) is 0.256. The minimum atomic E-state index is -3.59. The second kappa shape index (κ2) is 11.0. The van der Waals surface area contributed by atoms with Crippen LogP contribution in [0.5, 0.6) is 5.75 Å². The normalized spacial score (nSPS) is 12.0. The van der Waals surface area contributed by atoms with Gasteiger partial charge in [0.2, 0.25) is 9.84 Å². The highest BCUT2D eigenvalue weighted by Gasteiger charge is 2.22. The SMILES string of the molecule is C=C(/C=C\C(=C)C(C)(C)C(=C)/C=C\C(=C)Oc1ccc(S(=O)(=O)c2ccc(C)cc2)cc1)OC. The van der Waals surface area contributed by atoms with E-state index < -0.39 is 15.3 Å². The van der Waals surface area contributed by atoms with Crippen LogP contribution in [0.4, 0.5) is 0 Å². The van der Waals surface area contributed by atoms with E-state index in [0.29, 0.717) is 17.3 Å². The highest BCUT2D eigenvalue weighted by Crippen LogP contribution is 2.34. The molecule has 0 radical (unpaired) electrons. The van der Waals surface area contributed by atoms with Crippen molar-refractivity contribution in [3.63, 3.8) is 0 Å². The zero-order chi connectivity index (χ0) is 25.5. The van der Waals surface area contributed by atoms with E-state index >= 15 is 0 Å². The van der Waals surface area contributed by atoms with E-state index in [1.54, 1.807) is 55.7 Å². The fraction of sp³-hybridized carbons (Fsp3) is 0.172. The maximum absolute atomic E-state index is 12.8. The van der Waals surface area contributed by atoms with Gasteiger partial charge in [0.05, 0.1) is 16.9 Å². The molecule has 0 unspecified atom stereocenters. The number of hydrogen-bond acceptors (Lipinski definition) is 4. The topological polar surface area (TPSA) is 52.6 Å². The molecule has 0 aliphatic rings. The van der Waals surface area contributed by atoms with Crippen LogP contribution in [0, 0.1) is 12.3 Å². The molecule has 0 atom stereocenters. The number of benzene rings is 2. The van der Waals surface area contributed by atoms with Crippen molar-refractivity contribution in [2.75, 3.05) is 7.11 Å². The second-order valence-corrected chi connectivity index (χ2v) is 10.3. The Hall–Kier alpha value is -3.57. The van der Waals surface area contributed by atoms with Gasteiger partial charge in [0.1, 0.15) is 17.3 Å². The van der Waals surface area contributed by atoms with Crippen molar-refractivity contribution in [2.24, 2.45) is 5.41 Å². The third kappa shape index (κ3) is 6.72. The van der Waals surface area contributed by atoms with Gasteiger partial charge in [-0.1, -0.05) is 70.0 Å². The van der Waals surface area contributed by atoms with Gasteiger partial charge in [-0.3, -0.25) is 0 Å². The van der Waals surface area contributed by atoms with Crippen molar-refractivity contribution in [3.8, 4) is 5.75 Å². The predicted octanol–water partition coefficient (Wildman–Crippen LogP) is 7.13. The molecule has 0 amide bonds. The van der Waals surface area contributed by atoms with Crippen LogP contribution in [0.25, 0.3) is 0 Å². The first-order valence-electron chi connectivity index (χ1n) is 10.6. The number of sulfone groups is 1. The molecule has 5 heteroatoms. The third-order valence-electron chi connectivity index (χ3n) is 5.52. The number of ether oxygens (including phenoxy) is 2. The maximum atomic E-state index is 12.8. The summed E-state index contributed by atoms with van der Waals surface area (Å²) in [5.41, 5.74) is 2.25. The molecular formula is C29H32O4S. The van der Waals surface area contributed by atoms with Gasteiger partial charge in [0.15, 0.2) is 0 Å². The highest BCUT2D eigenvalue weighted by atomic mass is 32.2. The van der Waals surface area contributed by atoms with Gasteiger partial charge in [0, 0.05) is 5.41 Å². The first kappa shape index (κ1) is 26.7. The number of rotatable bonds is 11. The fourth-order valence-electron chi connectivity index (χ4n) is 2.80. The van der Waals surface area contributed by atoms with Crippen molar-refractivity contribution < 1.29 is 17.9 Å². The molecule has 0 saturated carbocycles. The number of hydrogen-bond donors (Lipinski definition) is 0. The molecule has 4 nitrogen and oxygen atoms in total. The van der Waals surface area contributed by atoms with Gasteiger partial charge in [-0.25, -0.2) is 8.42 Å². The summed E-state index contributed by atoms with van der Waals surface area (Å²) in [5.74, 6) is 1.41. The molecule has 0 bridgehead atoms. The summed E-state index contributed by atoms with van der Waals surface area (Å²) in [6.07, 6.45) is 7.14. The molecule has 0 fully saturated rings. The summed E-state index contributed by atoms with van der Waals surface area (Å²) in [6.45, 7) is 21.9.